The molecule has 1 N–H and O–H groups in total. The highest BCUT2D eigenvalue weighted by Gasteiger charge is 2.08. The zero-order valence-corrected chi connectivity index (χ0v) is 8.23. The van der Waals surface area contributed by atoms with Gasteiger partial charge >= 0.3 is 0 Å². The molecule has 4 nitrogen and oxygen atoms in total. The first-order chi connectivity index (χ1) is 6.69. The predicted molar refractivity (Wildman–Crippen MR) is 55.4 cm³/mol. The molecule has 0 unspecified atom stereocenters. The van der Waals surface area contributed by atoms with Gasteiger partial charge in [-0.2, -0.15) is 5.26 Å². The summed E-state index contributed by atoms with van der Waals surface area (Å²) in [4.78, 5) is 5.82. The molecule has 1 rings (SSSR count). The van der Waals surface area contributed by atoms with Crippen molar-refractivity contribution in [3.63, 3.8) is 0 Å². The van der Waals surface area contributed by atoms with Gasteiger partial charge < -0.3 is 4.90 Å². The van der Waals surface area contributed by atoms with Crippen LogP contribution < -0.4 is 4.90 Å². The van der Waals surface area contributed by atoms with E-state index in [1.54, 1.807) is 17.0 Å². The Morgan fingerprint density at radius 2 is 2.29 bits per heavy atom. The number of anilines is 1. The van der Waals surface area contributed by atoms with Crippen LogP contribution in [0.1, 0.15) is 19.4 Å². The molecule has 14 heavy (non-hydrogen) atoms. The van der Waals surface area contributed by atoms with E-state index in [1.807, 2.05) is 19.9 Å². The van der Waals surface area contributed by atoms with Gasteiger partial charge in [0, 0.05) is 12.2 Å². The maximum absolute atomic E-state index is 8.59. The van der Waals surface area contributed by atoms with Crippen molar-refractivity contribution in [3.05, 3.63) is 23.9 Å². The molecule has 1 heterocycles. The molecule has 1 aromatic heterocycles. The molecule has 72 valence electrons. The summed E-state index contributed by atoms with van der Waals surface area (Å²) in [5, 5.41) is 15.8. The summed E-state index contributed by atoms with van der Waals surface area (Å²) in [7, 11) is 0. The van der Waals surface area contributed by atoms with Gasteiger partial charge in [0.05, 0.1) is 11.9 Å². The van der Waals surface area contributed by atoms with Crippen molar-refractivity contribution in [2.75, 3.05) is 4.90 Å². The van der Waals surface area contributed by atoms with Gasteiger partial charge in [0.25, 0.3) is 0 Å². The normalized spacial score (nSPS) is 9.57. The lowest BCUT2D eigenvalue weighted by Crippen LogP contribution is -2.29. The summed E-state index contributed by atoms with van der Waals surface area (Å²) in [5.74, 6) is 0.689. The van der Waals surface area contributed by atoms with Crippen molar-refractivity contribution in [1.82, 2.24) is 4.98 Å². The standard InChI is InChI=1S/C10H12N4/c1-8(2)14(7-12)10-4-3-9(5-11)6-13-10/h3-4,6-8,12H,1-2H3. The average molecular weight is 188 g/mol. The number of pyridine rings is 1. The first kappa shape index (κ1) is 10.2. The third-order valence-corrected chi connectivity index (χ3v) is 1.84. The third kappa shape index (κ3) is 2.07. The van der Waals surface area contributed by atoms with Gasteiger partial charge in [0.1, 0.15) is 11.9 Å². The maximum atomic E-state index is 8.59. The second-order valence-electron chi connectivity index (χ2n) is 3.15. The molecule has 0 fully saturated rings. The minimum Gasteiger partial charge on any atom is -0.315 e. The monoisotopic (exact) mass is 188 g/mol. The molecule has 0 aromatic carbocycles. The lowest BCUT2D eigenvalue weighted by atomic mass is 10.3. The molecule has 0 saturated carbocycles. The van der Waals surface area contributed by atoms with E-state index < -0.39 is 0 Å². The van der Waals surface area contributed by atoms with Crippen molar-refractivity contribution in [1.29, 1.82) is 10.7 Å². The van der Waals surface area contributed by atoms with Crippen molar-refractivity contribution in [2.45, 2.75) is 19.9 Å². The Bertz CT molecular complexity index is 347. The molecule has 0 spiro atoms. The fourth-order valence-electron chi connectivity index (χ4n) is 1.08. The molecule has 0 radical (unpaired) electrons. The summed E-state index contributed by atoms with van der Waals surface area (Å²) in [6.07, 6.45) is 2.74. The molecule has 0 amide bonds. The van der Waals surface area contributed by atoms with Crippen LogP contribution in [-0.4, -0.2) is 17.4 Å². The SMILES string of the molecule is CC(C)N(C=N)c1ccc(C#N)cn1. The molecule has 0 aliphatic carbocycles. The van der Waals surface area contributed by atoms with Crippen LogP contribution in [0.2, 0.25) is 0 Å². The van der Waals surface area contributed by atoms with Crippen molar-refractivity contribution >= 4 is 12.2 Å². The molecule has 0 atom stereocenters. The summed E-state index contributed by atoms with van der Waals surface area (Å²) in [5.41, 5.74) is 0.530. The number of nitrogens with zero attached hydrogens (tertiary/aromatic N) is 3. The Labute approximate surface area is 83.3 Å². The fraction of sp³-hybridized carbons (Fsp3) is 0.300. The van der Waals surface area contributed by atoms with E-state index in [2.05, 4.69) is 4.98 Å². The van der Waals surface area contributed by atoms with Crippen LogP contribution in [0, 0.1) is 16.7 Å². The van der Waals surface area contributed by atoms with E-state index in [0.717, 1.165) is 0 Å². The van der Waals surface area contributed by atoms with Gasteiger partial charge in [-0.25, -0.2) is 4.98 Å². The molecule has 0 bridgehead atoms. The lowest BCUT2D eigenvalue weighted by Gasteiger charge is -2.21. The Morgan fingerprint density at radius 1 is 1.57 bits per heavy atom. The van der Waals surface area contributed by atoms with Crippen LogP contribution in [0.25, 0.3) is 0 Å². The van der Waals surface area contributed by atoms with Crippen LogP contribution >= 0.6 is 0 Å². The molecule has 0 aliphatic rings. The van der Waals surface area contributed by atoms with E-state index in [1.165, 1.54) is 12.5 Å². The van der Waals surface area contributed by atoms with E-state index in [-0.39, 0.29) is 6.04 Å². The molecule has 0 saturated heterocycles. The number of nitriles is 1. The summed E-state index contributed by atoms with van der Waals surface area (Å²) in [6.45, 7) is 3.95. The minimum absolute atomic E-state index is 0.188. The number of rotatable bonds is 3. The van der Waals surface area contributed by atoms with Crippen LogP contribution in [0.15, 0.2) is 18.3 Å². The summed E-state index contributed by atoms with van der Waals surface area (Å²) < 4.78 is 0. The Morgan fingerprint density at radius 3 is 2.64 bits per heavy atom. The van der Waals surface area contributed by atoms with E-state index in [9.17, 15) is 0 Å². The quantitative estimate of drug-likeness (QED) is 0.580. The third-order valence-electron chi connectivity index (χ3n) is 1.84. The fourth-order valence-corrected chi connectivity index (χ4v) is 1.08. The first-order valence-electron chi connectivity index (χ1n) is 4.34. The topological polar surface area (TPSA) is 63.8 Å². The van der Waals surface area contributed by atoms with Crippen LogP contribution in [-0.2, 0) is 0 Å². The van der Waals surface area contributed by atoms with E-state index in [0.29, 0.717) is 11.4 Å². The Kier molecular flexibility index (Phi) is 3.19. The maximum Gasteiger partial charge on any atom is 0.133 e. The number of hydrogen-bond donors (Lipinski definition) is 1. The first-order valence-corrected chi connectivity index (χ1v) is 4.34. The second-order valence-corrected chi connectivity index (χ2v) is 3.15. The van der Waals surface area contributed by atoms with Crippen LogP contribution in [0.4, 0.5) is 5.82 Å². The van der Waals surface area contributed by atoms with Crippen LogP contribution in [0.5, 0.6) is 0 Å². The number of hydrogen-bond acceptors (Lipinski definition) is 3. The summed E-state index contributed by atoms with van der Waals surface area (Å²) in [6, 6.07) is 5.63. The van der Waals surface area contributed by atoms with Gasteiger partial charge in [-0.3, -0.25) is 5.41 Å². The highest BCUT2D eigenvalue weighted by atomic mass is 15.2. The Hall–Kier alpha value is -1.89. The molecular weight excluding hydrogens is 176 g/mol. The molecule has 4 heteroatoms. The smallest absolute Gasteiger partial charge is 0.133 e. The van der Waals surface area contributed by atoms with Crippen LogP contribution in [0.3, 0.4) is 0 Å². The zero-order chi connectivity index (χ0) is 10.6. The summed E-state index contributed by atoms with van der Waals surface area (Å²) >= 11 is 0. The highest BCUT2D eigenvalue weighted by molar-refractivity contribution is 5.75. The molecular formula is C10H12N4. The lowest BCUT2D eigenvalue weighted by molar-refractivity contribution is 0.801. The largest absolute Gasteiger partial charge is 0.315 e. The predicted octanol–water partition coefficient (Wildman–Crippen LogP) is 1.78. The highest BCUT2D eigenvalue weighted by Crippen LogP contribution is 2.11. The van der Waals surface area contributed by atoms with Crippen molar-refractivity contribution < 1.29 is 0 Å². The van der Waals surface area contributed by atoms with E-state index in [4.69, 9.17) is 10.7 Å². The number of nitrogens with one attached hydrogen (secondary N) is 1. The van der Waals surface area contributed by atoms with Gasteiger partial charge in [-0.05, 0) is 26.0 Å². The van der Waals surface area contributed by atoms with Gasteiger partial charge in [-0.15, -0.1) is 0 Å². The zero-order valence-electron chi connectivity index (χ0n) is 8.23. The van der Waals surface area contributed by atoms with Crippen molar-refractivity contribution in [3.8, 4) is 6.07 Å². The Balaban J connectivity index is 2.96. The van der Waals surface area contributed by atoms with Gasteiger partial charge in [-0.1, -0.05) is 0 Å². The van der Waals surface area contributed by atoms with Gasteiger partial charge in [0.2, 0.25) is 0 Å². The number of aromatic nitrogens is 1. The van der Waals surface area contributed by atoms with Gasteiger partial charge in [0.15, 0.2) is 0 Å². The van der Waals surface area contributed by atoms with Crippen molar-refractivity contribution in [2.24, 2.45) is 0 Å². The molecule has 1 aromatic rings. The average Bonchev–Trinajstić information content (AvgIpc) is 2.19. The second kappa shape index (κ2) is 4.38. The van der Waals surface area contributed by atoms with E-state index >= 15 is 0 Å². The minimum atomic E-state index is 0.188. The molecule has 0 aliphatic heterocycles.